The van der Waals surface area contributed by atoms with Crippen molar-refractivity contribution in [3.05, 3.63) is 23.8 Å². The molecule has 0 bridgehead atoms. The van der Waals surface area contributed by atoms with Gasteiger partial charge in [-0.25, -0.2) is 0 Å². The number of nitrogens with zero attached hydrogens (tertiary/aromatic N) is 2. The Morgan fingerprint density at radius 3 is 2.37 bits per heavy atom. The molecule has 0 amide bonds. The highest BCUT2D eigenvalue weighted by atomic mass is 127. The summed E-state index contributed by atoms with van der Waals surface area (Å²) in [6, 6.07) is 5.92. The number of ether oxygens (including phenoxy) is 2. The highest BCUT2D eigenvalue weighted by molar-refractivity contribution is 14.0. The molecule has 0 atom stereocenters. The van der Waals surface area contributed by atoms with Crippen molar-refractivity contribution in [2.45, 2.75) is 32.4 Å². The zero-order valence-electron chi connectivity index (χ0n) is 18.1. The monoisotopic (exact) mass is 546 g/mol. The predicted molar refractivity (Wildman–Crippen MR) is 125 cm³/mol. The lowest BCUT2D eigenvalue weighted by atomic mass is 10.1. The number of guanidine groups is 1. The molecule has 0 aliphatic carbocycles. The van der Waals surface area contributed by atoms with Gasteiger partial charge in [0.1, 0.15) is 0 Å². The highest BCUT2D eigenvalue weighted by Crippen LogP contribution is 2.28. The summed E-state index contributed by atoms with van der Waals surface area (Å²) in [5, 5.41) is 6.34. The molecule has 0 aliphatic rings. The molecule has 0 radical (unpaired) electrons. The maximum atomic E-state index is 12.3. The van der Waals surface area contributed by atoms with E-state index in [4.69, 9.17) is 9.47 Å². The summed E-state index contributed by atoms with van der Waals surface area (Å²) in [6.45, 7) is 3.26. The third kappa shape index (κ3) is 12.3. The Bertz CT molecular complexity index is 631. The van der Waals surface area contributed by atoms with E-state index >= 15 is 0 Å². The van der Waals surface area contributed by atoms with Crippen LogP contribution < -0.4 is 20.1 Å². The largest absolute Gasteiger partial charge is 0.493 e. The molecule has 1 aromatic rings. The number of nitrogens with one attached hydrogen (secondary N) is 2. The van der Waals surface area contributed by atoms with Crippen LogP contribution in [0.15, 0.2) is 23.2 Å². The molecule has 0 unspecified atom stereocenters. The third-order valence-electron chi connectivity index (χ3n) is 4.14. The molecule has 174 valence electrons. The molecule has 0 heterocycles. The number of rotatable bonds is 12. The summed E-state index contributed by atoms with van der Waals surface area (Å²) < 4.78 is 47.8. The van der Waals surface area contributed by atoms with Gasteiger partial charge in [0.15, 0.2) is 17.5 Å². The normalized spacial score (nSPS) is 11.8. The number of aliphatic imine (C=N–C) groups is 1. The van der Waals surface area contributed by atoms with Crippen LogP contribution in [0.4, 0.5) is 13.2 Å². The Labute approximate surface area is 194 Å². The fourth-order valence-corrected chi connectivity index (χ4v) is 2.81. The molecule has 6 nitrogen and oxygen atoms in total. The molecule has 0 fully saturated rings. The maximum absolute atomic E-state index is 12.3. The van der Waals surface area contributed by atoms with Gasteiger partial charge in [0, 0.05) is 20.1 Å². The Balaban J connectivity index is 0.00000841. The Hall–Kier alpha value is -1.43. The van der Waals surface area contributed by atoms with Gasteiger partial charge in [-0.2, -0.15) is 13.2 Å². The van der Waals surface area contributed by atoms with Crippen LogP contribution >= 0.6 is 24.0 Å². The summed E-state index contributed by atoms with van der Waals surface area (Å²) in [5.41, 5.74) is 1.16. The first-order valence-corrected chi connectivity index (χ1v) is 9.78. The minimum atomic E-state index is -4.16. The molecular formula is C20H34F3IN4O2. The lowest BCUT2D eigenvalue weighted by molar-refractivity contribution is -0.143. The van der Waals surface area contributed by atoms with Crippen LogP contribution in [0.25, 0.3) is 0 Å². The zero-order valence-corrected chi connectivity index (χ0v) is 20.5. The van der Waals surface area contributed by atoms with Crippen LogP contribution in [-0.2, 0) is 6.42 Å². The first kappa shape index (κ1) is 28.6. The number of hydrogen-bond donors (Lipinski definition) is 2. The fourth-order valence-electron chi connectivity index (χ4n) is 2.81. The number of alkyl halides is 3. The minimum absolute atomic E-state index is 0. The topological polar surface area (TPSA) is 58.1 Å². The van der Waals surface area contributed by atoms with E-state index in [0.717, 1.165) is 36.4 Å². The van der Waals surface area contributed by atoms with E-state index in [0.29, 0.717) is 32.1 Å². The van der Waals surface area contributed by atoms with Gasteiger partial charge in [-0.15, -0.1) is 24.0 Å². The van der Waals surface area contributed by atoms with Gasteiger partial charge in [0.05, 0.1) is 20.3 Å². The lowest BCUT2D eigenvalue weighted by Gasteiger charge is -2.19. The third-order valence-corrected chi connectivity index (χ3v) is 4.14. The average Bonchev–Trinajstić information content (AvgIpc) is 2.65. The minimum Gasteiger partial charge on any atom is -0.493 e. The predicted octanol–water partition coefficient (Wildman–Crippen LogP) is 3.69. The maximum Gasteiger partial charge on any atom is 0.401 e. The van der Waals surface area contributed by atoms with Crippen LogP contribution in [0.3, 0.4) is 0 Å². The molecule has 10 heteroatoms. The lowest BCUT2D eigenvalue weighted by Crippen LogP contribution is -2.39. The van der Waals surface area contributed by atoms with Gasteiger partial charge in [0.25, 0.3) is 0 Å². The van der Waals surface area contributed by atoms with Crippen molar-refractivity contribution in [3.8, 4) is 11.5 Å². The molecule has 1 aromatic carbocycles. The molecular weight excluding hydrogens is 512 g/mol. The van der Waals surface area contributed by atoms with Crippen molar-refractivity contribution in [1.82, 2.24) is 15.5 Å². The van der Waals surface area contributed by atoms with Crippen molar-refractivity contribution in [2.24, 2.45) is 4.99 Å². The van der Waals surface area contributed by atoms with E-state index in [1.807, 2.05) is 25.1 Å². The van der Waals surface area contributed by atoms with Crippen molar-refractivity contribution >= 4 is 29.9 Å². The first-order valence-electron chi connectivity index (χ1n) is 9.78. The fraction of sp³-hybridized carbons (Fsp3) is 0.650. The standard InChI is InChI=1S/C20H33F3N4O2.HI/c1-5-29-18-14-16(9-10-17(18)28-4)8-6-11-25-19(24-2)26-12-7-13-27(3)15-20(21,22)23;/h9-10,14H,5-8,11-13,15H2,1-4H3,(H2,24,25,26);1H. The van der Waals surface area contributed by atoms with Gasteiger partial charge in [-0.05, 0) is 57.5 Å². The van der Waals surface area contributed by atoms with E-state index in [1.165, 1.54) is 11.9 Å². The zero-order chi connectivity index (χ0) is 21.7. The summed E-state index contributed by atoms with van der Waals surface area (Å²) in [7, 11) is 4.76. The number of hydrogen-bond acceptors (Lipinski definition) is 4. The van der Waals surface area contributed by atoms with Crippen LogP contribution in [0, 0.1) is 0 Å². The van der Waals surface area contributed by atoms with Crippen molar-refractivity contribution in [1.29, 1.82) is 0 Å². The molecule has 0 aliphatic heterocycles. The average molecular weight is 546 g/mol. The highest BCUT2D eigenvalue weighted by Gasteiger charge is 2.28. The molecule has 1 rings (SSSR count). The van der Waals surface area contributed by atoms with Gasteiger partial charge >= 0.3 is 6.18 Å². The molecule has 30 heavy (non-hydrogen) atoms. The van der Waals surface area contributed by atoms with Crippen molar-refractivity contribution in [3.63, 3.8) is 0 Å². The van der Waals surface area contributed by atoms with Crippen LogP contribution in [-0.4, -0.2) is 71.0 Å². The number of benzene rings is 1. The molecule has 0 aromatic heterocycles. The second-order valence-electron chi connectivity index (χ2n) is 6.65. The van der Waals surface area contributed by atoms with E-state index in [2.05, 4.69) is 15.6 Å². The van der Waals surface area contributed by atoms with Gasteiger partial charge in [-0.1, -0.05) is 6.07 Å². The first-order chi connectivity index (χ1) is 13.8. The molecule has 2 N–H and O–H groups in total. The number of aryl methyl sites for hydroxylation is 1. The van der Waals surface area contributed by atoms with Gasteiger partial charge in [-0.3, -0.25) is 9.89 Å². The van der Waals surface area contributed by atoms with Crippen molar-refractivity contribution in [2.75, 3.05) is 54.0 Å². The number of halogens is 4. The van der Waals surface area contributed by atoms with E-state index in [-0.39, 0.29) is 24.0 Å². The quantitative estimate of drug-likeness (QED) is 0.181. The van der Waals surface area contributed by atoms with Crippen LogP contribution in [0.2, 0.25) is 0 Å². The molecule has 0 spiro atoms. The second-order valence-corrected chi connectivity index (χ2v) is 6.65. The molecule has 0 saturated heterocycles. The van der Waals surface area contributed by atoms with E-state index < -0.39 is 12.7 Å². The SMILES string of the molecule is CCOc1cc(CCCNC(=NC)NCCCN(C)CC(F)(F)F)ccc1OC.I. The van der Waals surface area contributed by atoms with Crippen molar-refractivity contribution < 1.29 is 22.6 Å². The number of methoxy groups -OCH3 is 1. The summed E-state index contributed by atoms with van der Waals surface area (Å²) in [5.74, 6) is 2.11. The smallest absolute Gasteiger partial charge is 0.401 e. The van der Waals surface area contributed by atoms with Gasteiger partial charge < -0.3 is 20.1 Å². The van der Waals surface area contributed by atoms with Crippen LogP contribution in [0.1, 0.15) is 25.3 Å². The van der Waals surface area contributed by atoms with Gasteiger partial charge in [0.2, 0.25) is 0 Å². The second kappa shape index (κ2) is 15.4. The van der Waals surface area contributed by atoms with E-state index in [9.17, 15) is 13.2 Å². The Kier molecular flexibility index (Phi) is 14.7. The summed E-state index contributed by atoms with van der Waals surface area (Å²) in [6.07, 6.45) is -1.80. The summed E-state index contributed by atoms with van der Waals surface area (Å²) >= 11 is 0. The Morgan fingerprint density at radius 1 is 1.13 bits per heavy atom. The van der Waals surface area contributed by atoms with Crippen LogP contribution in [0.5, 0.6) is 11.5 Å². The Morgan fingerprint density at radius 2 is 1.80 bits per heavy atom. The van der Waals surface area contributed by atoms with E-state index in [1.54, 1.807) is 14.2 Å². The molecule has 0 saturated carbocycles. The summed E-state index contributed by atoms with van der Waals surface area (Å²) in [4.78, 5) is 5.40.